The van der Waals surface area contributed by atoms with E-state index in [9.17, 15) is 4.79 Å². The number of carbonyl (C=O) groups is 1. The predicted molar refractivity (Wildman–Crippen MR) is 103 cm³/mol. The van der Waals surface area contributed by atoms with Crippen molar-refractivity contribution in [2.45, 2.75) is 36.6 Å². The van der Waals surface area contributed by atoms with Crippen molar-refractivity contribution < 1.29 is 14.3 Å². The van der Waals surface area contributed by atoms with Gasteiger partial charge in [0.25, 0.3) is 0 Å². The van der Waals surface area contributed by atoms with Crippen LogP contribution < -0.4 is 14.8 Å². The second-order valence-electron chi connectivity index (χ2n) is 6.63. The molecule has 0 saturated carbocycles. The smallest absolute Gasteiger partial charge is 0.220 e. The number of aryl methyl sites for hydroxylation is 1. The molecule has 2 aliphatic rings. The zero-order valence-corrected chi connectivity index (χ0v) is 15.5. The SMILES string of the molecule is O=C(CCc1ccc2c(c1)OCCCO2)NC1CCSc2ccccc21. The first kappa shape index (κ1) is 17.3. The van der Waals surface area contributed by atoms with Gasteiger partial charge in [0.2, 0.25) is 5.91 Å². The van der Waals surface area contributed by atoms with Crippen LogP contribution in [0.15, 0.2) is 47.4 Å². The molecular formula is C21H23NO3S. The minimum Gasteiger partial charge on any atom is -0.490 e. The van der Waals surface area contributed by atoms with E-state index in [1.54, 1.807) is 0 Å². The summed E-state index contributed by atoms with van der Waals surface area (Å²) in [5.41, 5.74) is 2.34. The highest BCUT2D eigenvalue weighted by Gasteiger charge is 2.21. The fraction of sp³-hybridized carbons (Fsp3) is 0.381. The highest BCUT2D eigenvalue weighted by molar-refractivity contribution is 7.99. The van der Waals surface area contributed by atoms with Crippen LogP contribution in [-0.2, 0) is 11.2 Å². The molecule has 2 aromatic rings. The number of amides is 1. The van der Waals surface area contributed by atoms with Gasteiger partial charge >= 0.3 is 0 Å². The first-order valence-electron chi connectivity index (χ1n) is 9.19. The number of hydrogen-bond donors (Lipinski definition) is 1. The summed E-state index contributed by atoms with van der Waals surface area (Å²) in [5, 5.41) is 3.21. The van der Waals surface area contributed by atoms with E-state index in [-0.39, 0.29) is 11.9 Å². The minimum absolute atomic E-state index is 0.101. The van der Waals surface area contributed by atoms with E-state index in [2.05, 4.69) is 23.5 Å². The van der Waals surface area contributed by atoms with Crippen LogP contribution in [0.3, 0.4) is 0 Å². The highest BCUT2D eigenvalue weighted by atomic mass is 32.2. The van der Waals surface area contributed by atoms with Crippen molar-refractivity contribution in [3.05, 3.63) is 53.6 Å². The molecule has 0 fully saturated rings. The molecule has 4 rings (SSSR count). The van der Waals surface area contributed by atoms with Gasteiger partial charge in [0.05, 0.1) is 19.3 Å². The molecule has 1 amide bonds. The lowest BCUT2D eigenvalue weighted by Crippen LogP contribution is -2.30. The van der Waals surface area contributed by atoms with Crippen LogP contribution in [0.4, 0.5) is 0 Å². The maximum atomic E-state index is 12.5. The van der Waals surface area contributed by atoms with Gasteiger partial charge in [-0.3, -0.25) is 4.79 Å². The number of rotatable bonds is 4. The third-order valence-electron chi connectivity index (χ3n) is 4.75. The Morgan fingerprint density at radius 3 is 2.88 bits per heavy atom. The zero-order valence-electron chi connectivity index (χ0n) is 14.7. The van der Waals surface area contributed by atoms with Crippen LogP contribution in [-0.4, -0.2) is 24.9 Å². The Labute approximate surface area is 158 Å². The first-order chi connectivity index (χ1) is 12.8. The maximum Gasteiger partial charge on any atom is 0.220 e. The van der Waals surface area contributed by atoms with Gasteiger partial charge in [-0.15, -0.1) is 11.8 Å². The average molecular weight is 369 g/mol. The topological polar surface area (TPSA) is 47.6 Å². The molecule has 1 unspecified atom stereocenters. The van der Waals surface area contributed by atoms with E-state index in [1.165, 1.54) is 10.5 Å². The molecular weight excluding hydrogens is 346 g/mol. The Kier molecular flexibility index (Phi) is 5.34. The van der Waals surface area contributed by atoms with Gasteiger partial charge in [-0.05, 0) is 42.2 Å². The summed E-state index contributed by atoms with van der Waals surface area (Å²) in [4.78, 5) is 13.7. The monoisotopic (exact) mass is 369 g/mol. The first-order valence-corrected chi connectivity index (χ1v) is 10.2. The van der Waals surface area contributed by atoms with E-state index >= 15 is 0 Å². The van der Waals surface area contributed by atoms with E-state index in [0.717, 1.165) is 35.7 Å². The standard InChI is InChI=1S/C21H23NO3S/c23-21(22-17-10-13-26-20-5-2-1-4-16(17)20)9-7-15-6-8-18-19(14-15)25-12-3-11-24-18/h1-2,4-6,8,14,17H,3,7,9-13H2,(H,22,23). The molecule has 4 nitrogen and oxygen atoms in total. The van der Waals surface area contributed by atoms with Crippen LogP contribution in [0.2, 0.25) is 0 Å². The van der Waals surface area contributed by atoms with Crippen molar-refractivity contribution >= 4 is 17.7 Å². The Bertz CT molecular complexity index is 793. The fourth-order valence-electron chi connectivity index (χ4n) is 3.38. The molecule has 136 valence electrons. The molecule has 0 bridgehead atoms. The molecule has 0 spiro atoms. The number of ether oxygens (including phenoxy) is 2. The van der Waals surface area contributed by atoms with Gasteiger partial charge in [-0.25, -0.2) is 0 Å². The van der Waals surface area contributed by atoms with Crippen molar-refractivity contribution in [3.63, 3.8) is 0 Å². The zero-order chi connectivity index (χ0) is 17.8. The molecule has 0 aromatic heterocycles. The molecule has 0 saturated heterocycles. The fourth-order valence-corrected chi connectivity index (χ4v) is 4.50. The highest BCUT2D eigenvalue weighted by Crippen LogP contribution is 2.36. The largest absolute Gasteiger partial charge is 0.490 e. The third kappa shape index (κ3) is 3.98. The number of carbonyl (C=O) groups excluding carboxylic acids is 1. The number of nitrogens with one attached hydrogen (secondary N) is 1. The second kappa shape index (κ2) is 8.04. The Morgan fingerprint density at radius 1 is 1.12 bits per heavy atom. The molecule has 2 aromatic carbocycles. The normalized spacial score (nSPS) is 18.5. The molecule has 26 heavy (non-hydrogen) atoms. The van der Waals surface area contributed by atoms with Gasteiger partial charge < -0.3 is 14.8 Å². The molecule has 1 N–H and O–H groups in total. The molecule has 5 heteroatoms. The van der Waals surface area contributed by atoms with Crippen molar-refractivity contribution in [2.24, 2.45) is 0 Å². The minimum atomic E-state index is 0.101. The van der Waals surface area contributed by atoms with E-state index in [4.69, 9.17) is 9.47 Å². The second-order valence-corrected chi connectivity index (χ2v) is 7.76. The van der Waals surface area contributed by atoms with Gasteiger partial charge in [-0.2, -0.15) is 0 Å². The summed E-state index contributed by atoms with van der Waals surface area (Å²) in [5.74, 6) is 2.74. The van der Waals surface area contributed by atoms with Crippen LogP contribution in [0.25, 0.3) is 0 Å². The summed E-state index contributed by atoms with van der Waals surface area (Å²) >= 11 is 1.87. The lowest BCUT2D eigenvalue weighted by atomic mass is 10.0. The summed E-state index contributed by atoms with van der Waals surface area (Å²) in [6.07, 6.45) is 3.06. The van der Waals surface area contributed by atoms with Gasteiger partial charge in [0.15, 0.2) is 11.5 Å². The lowest BCUT2D eigenvalue weighted by molar-refractivity contribution is -0.121. The van der Waals surface area contributed by atoms with Crippen molar-refractivity contribution in [1.29, 1.82) is 0 Å². The summed E-state index contributed by atoms with van der Waals surface area (Å²) in [7, 11) is 0. The molecule has 2 aliphatic heterocycles. The van der Waals surface area contributed by atoms with Crippen molar-refractivity contribution in [3.8, 4) is 11.5 Å². The number of fused-ring (bicyclic) bond motifs is 2. The molecule has 0 aliphatic carbocycles. The summed E-state index contributed by atoms with van der Waals surface area (Å²) in [6.45, 7) is 1.37. The van der Waals surface area contributed by atoms with Crippen molar-refractivity contribution in [2.75, 3.05) is 19.0 Å². The van der Waals surface area contributed by atoms with Crippen LogP contribution in [0.5, 0.6) is 11.5 Å². The quantitative estimate of drug-likeness (QED) is 0.880. The third-order valence-corrected chi connectivity index (χ3v) is 5.87. The number of benzene rings is 2. The van der Waals surface area contributed by atoms with E-state index < -0.39 is 0 Å². The van der Waals surface area contributed by atoms with Gasteiger partial charge in [-0.1, -0.05) is 24.3 Å². The number of thioether (sulfide) groups is 1. The van der Waals surface area contributed by atoms with Gasteiger partial charge in [0.1, 0.15) is 0 Å². The molecule has 1 atom stereocenters. The van der Waals surface area contributed by atoms with Crippen molar-refractivity contribution in [1.82, 2.24) is 5.32 Å². The van der Waals surface area contributed by atoms with E-state index in [1.807, 2.05) is 36.0 Å². The average Bonchev–Trinajstić information content (AvgIpc) is 2.91. The predicted octanol–water partition coefficient (Wildman–Crippen LogP) is 4.13. The Balaban J connectivity index is 1.36. The lowest BCUT2D eigenvalue weighted by Gasteiger charge is -2.25. The molecule has 0 radical (unpaired) electrons. The van der Waals surface area contributed by atoms with Crippen LogP contribution in [0.1, 0.15) is 36.4 Å². The Hall–Kier alpha value is -2.14. The van der Waals surface area contributed by atoms with E-state index in [0.29, 0.717) is 26.1 Å². The number of hydrogen-bond acceptors (Lipinski definition) is 4. The maximum absolute atomic E-state index is 12.5. The summed E-state index contributed by atoms with van der Waals surface area (Å²) in [6, 6.07) is 14.5. The Morgan fingerprint density at radius 2 is 1.96 bits per heavy atom. The van der Waals surface area contributed by atoms with Gasteiger partial charge in [0, 0.05) is 23.5 Å². The van der Waals surface area contributed by atoms with Crippen LogP contribution >= 0.6 is 11.8 Å². The molecule has 2 heterocycles. The van der Waals surface area contributed by atoms with Crippen LogP contribution in [0, 0.1) is 0 Å². The summed E-state index contributed by atoms with van der Waals surface area (Å²) < 4.78 is 11.4.